The molecule has 152 valence electrons. The lowest BCUT2D eigenvalue weighted by atomic mass is 10.0. The van der Waals surface area contributed by atoms with Crippen LogP contribution in [0.15, 0.2) is 108 Å². The maximum Gasteiger partial charge on any atom is 0.180 e. The van der Waals surface area contributed by atoms with Gasteiger partial charge in [-0.15, -0.1) is 0 Å². The number of furan rings is 1. The van der Waals surface area contributed by atoms with Gasteiger partial charge in [-0.2, -0.15) is 0 Å². The Morgan fingerprint density at radius 1 is 0.531 bits per heavy atom. The van der Waals surface area contributed by atoms with E-state index in [4.69, 9.17) is 14.4 Å². The molecule has 2 aromatic heterocycles. The van der Waals surface area contributed by atoms with Gasteiger partial charge < -0.3 is 4.42 Å². The van der Waals surface area contributed by atoms with E-state index in [9.17, 15) is 0 Å². The molecule has 0 saturated heterocycles. The van der Waals surface area contributed by atoms with Crippen LogP contribution in [0.1, 0.15) is 5.56 Å². The summed E-state index contributed by atoms with van der Waals surface area (Å²) in [7, 11) is 0. The molecule has 0 fully saturated rings. The molecule has 3 nitrogen and oxygen atoms in total. The lowest BCUT2D eigenvalue weighted by Crippen LogP contribution is -1.93. The first-order valence-electron chi connectivity index (χ1n) is 10.7. The molecule has 0 radical (unpaired) electrons. The molecule has 0 atom stereocenters. The minimum Gasteiger partial charge on any atom is -0.452 e. The van der Waals surface area contributed by atoms with E-state index in [0.717, 1.165) is 44.5 Å². The highest BCUT2D eigenvalue weighted by atomic mass is 16.3. The van der Waals surface area contributed by atoms with Crippen LogP contribution in [0.5, 0.6) is 0 Å². The van der Waals surface area contributed by atoms with Crippen molar-refractivity contribution in [2.45, 2.75) is 6.92 Å². The minimum atomic E-state index is 0.699. The predicted octanol–water partition coefficient (Wildman–Crippen LogP) is 7.69. The summed E-state index contributed by atoms with van der Waals surface area (Å²) in [5, 5.41) is 1.02. The maximum absolute atomic E-state index is 6.35. The number of hydrogen-bond acceptors (Lipinski definition) is 3. The Bertz CT molecular complexity index is 1550. The number of hydrogen-bond donors (Lipinski definition) is 0. The fraction of sp³-hybridized carbons (Fsp3) is 0.0345. The van der Waals surface area contributed by atoms with Crippen molar-refractivity contribution >= 4 is 22.1 Å². The maximum atomic E-state index is 6.35. The van der Waals surface area contributed by atoms with Gasteiger partial charge in [-0.3, -0.25) is 0 Å². The van der Waals surface area contributed by atoms with E-state index in [0.29, 0.717) is 5.82 Å². The van der Waals surface area contributed by atoms with Crippen molar-refractivity contribution in [1.82, 2.24) is 9.97 Å². The standard InChI is InChI=1S/C29H20N2O/c1-19-9-8-14-24-26-28(32-27(19)24)25(30-29(31-26)23-12-6-3-7-13-23)22-17-15-21(16-18-22)20-10-4-2-5-11-20/h2-18H,1H3. The molecule has 32 heavy (non-hydrogen) atoms. The number of nitrogens with zero attached hydrogens (tertiary/aromatic N) is 2. The second-order valence-corrected chi connectivity index (χ2v) is 7.94. The molecule has 0 aliphatic heterocycles. The number of rotatable bonds is 3. The van der Waals surface area contributed by atoms with Crippen molar-refractivity contribution < 1.29 is 4.42 Å². The fourth-order valence-corrected chi connectivity index (χ4v) is 4.17. The van der Waals surface area contributed by atoms with E-state index in [1.807, 2.05) is 42.5 Å². The van der Waals surface area contributed by atoms with Crippen LogP contribution in [0.2, 0.25) is 0 Å². The number of para-hydroxylation sites is 1. The first-order chi connectivity index (χ1) is 15.8. The zero-order valence-corrected chi connectivity index (χ0v) is 17.6. The SMILES string of the molecule is Cc1cccc2c1oc1c(-c3ccc(-c4ccccc4)cc3)nc(-c3ccccc3)nc12. The summed E-state index contributed by atoms with van der Waals surface area (Å²) in [5.41, 5.74) is 8.69. The van der Waals surface area contributed by atoms with Crippen LogP contribution in [-0.4, -0.2) is 9.97 Å². The highest BCUT2D eigenvalue weighted by Gasteiger charge is 2.18. The molecule has 0 aliphatic rings. The van der Waals surface area contributed by atoms with Crippen LogP contribution in [0.4, 0.5) is 0 Å². The summed E-state index contributed by atoms with van der Waals surface area (Å²) < 4.78 is 6.35. The van der Waals surface area contributed by atoms with Gasteiger partial charge in [0.15, 0.2) is 11.4 Å². The molecular weight excluding hydrogens is 392 g/mol. The van der Waals surface area contributed by atoms with Crippen LogP contribution in [-0.2, 0) is 0 Å². The monoisotopic (exact) mass is 412 g/mol. The van der Waals surface area contributed by atoms with Crippen molar-refractivity contribution in [3.63, 3.8) is 0 Å². The van der Waals surface area contributed by atoms with E-state index in [2.05, 4.69) is 67.6 Å². The Balaban J connectivity index is 1.60. The largest absolute Gasteiger partial charge is 0.452 e. The highest BCUT2D eigenvalue weighted by molar-refractivity contribution is 6.07. The molecule has 4 aromatic carbocycles. The summed E-state index contributed by atoms with van der Waals surface area (Å²) >= 11 is 0. The summed E-state index contributed by atoms with van der Waals surface area (Å²) in [6, 6.07) is 35.1. The second kappa shape index (κ2) is 7.47. The van der Waals surface area contributed by atoms with Crippen molar-refractivity contribution in [2.24, 2.45) is 0 Å². The molecule has 6 rings (SSSR count). The Morgan fingerprint density at radius 2 is 1.16 bits per heavy atom. The lowest BCUT2D eigenvalue weighted by molar-refractivity contribution is 0.664. The number of aryl methyl sites for hydroxylation is 1. The fourth-order valence-electron chi connectivity index (χ4n) is 4.17. The average molecular weight is 412 g/mol. The zero-order chi connectivity index (χ0) is 21.5. The predicted molar refractivity (Wildman–Crippen MR) is 130 cm³/mol. The van der Waals surface area contributed by atoms with Crippen molar-refractivity contribution in [3.8, 4) is 33.8 Å². The summed E-state index contributed by atoms with van der Waals surface area (Å²) in [4.78, 5) is 9.89. The molecule has 0 bridgehead atoms. The van der Waals surface area contributed by atoms with E-state index in [1.165, 1.54) is 11.1 Å². The molecule has 6 aromatic rings. The first-order valence-corrected chi connectivity index (χ1v) is 10.7. The Labute approximate surface area is 186 Å². The van der Waals surface area contributed by atoms with Gasteiger partial charge in [-0.05, 0) is 29.7 Å². The first kappa shape index (κ1) is 18.5. The molecule has 0 aliphatic carbocycles. The Kier molecular flexibility index (Phi) is 4.32. The molecule has 3 heteroatoms. The van der Waals surface area contributed by atoms with Crippen LogP contribution in [0.25, 0.3) is 55.8 Å². The van der Waals surface area contributed by atoms with Crippen molar-refractivity contribution in [1.29, 1.82) is 0 Å². The molecule has 0 saturated carbocycles. The summed E-state index contributed by atoms with van der Waals surface area (Å²) in [6.45, 7) is 2.06. The normalized spacial score (nSPS) is 11.3. The lowest BCUT2D eigenvalue weighted by Gasteiger charge is -2.07. The van der Waals surface area contributed by atoms with Crippen LogP contribution < -0.4 is 0 Å². The number of benzene rings is 4. The van der Waals surface area contributed by atoms with E-state index in [1.54, 1.807) is 0 Å². The molecule has 2 heterocycles. The van der Waals surface area contributed by atoms with Gasteiger partial charge in [0.25, 0.3) is 0 Å². The van der Waals surface area contributed by atoms with Crippen molar-refractivity contribution in [2.75, 3.05) is 0 Å². The van der Waals surface area contributed by atoms with E-state index in [-0.39, 0.29) is 0 Å². The van der Waals surface area contributed by atoms with Gasteiger partial charge in [0.2, 0.25) is 0 Å². The average Bonchev–Trinajstić information content (AvgIpc) is 3.25. The van der Waals surface area contributed by atoms with Gasteiger partial charge in [0, 0.05) is 16.5 Å². The number of aromatic nitrogens is 2. The van der Waals surface area contributed by atoms with Gasteiger partial charge in [0.1, 0.15) is 16.8 Å². The van der Waals surface area contributed by atoms with Gasteiger partial charge in [-0.1, -0.05) is 97.1 Å². The van der Waals surface area contributed by atoms with Gasteiger partial charge >= 0.3 is 0 Å². The van der Waals surface area contributed by atoms with Gasteiger partial charge in [-0.25, -0.2) is 9.97 Å². The third-order valence-electron chi connectivity index (χ3n) is 5.83. The van der Waals surface area contributed by atoms with Crippen LogP contribution >= 0.6 is 0 Å². The van der Waals surface area contributed by atoms with E-state index >= 15 is 0 Å². The third-order valence-corrected chi connectivity index (χ3v) is 5.83. The third kappa shape index (κ3) is 3.07. The smallest absolute Gasteiger partial charge is 0.180 e. The zero-order valence-electron chi connectivity index (χ0n) is 17.6. The second-order valence-electron chi connectivity index (χ2n) is 7.94. The minimum absolute atomic E-state index is 0.699. The van der Waals surface area contributed by atoms with E-state index < -0.39 is 0 Å². The highest BCUT2D eigenvalue weighted by Crippen LogP contribution is 2.37. The molecule has 0 N–H and O–H groups in total. The van der Waals surface area contributed by atoms with Crippen molar-refractivity contribution in [3.05, 3.63) is 109 Å². The summed E-state index contributed by atoms with van der Waals surface area (Å²) in [5.74, 6) is 0.699. The molecule has 0 spiro atoms. The molecule has 0 unspecified atom stereocenters. The Hall–Kier alpha value is -4.24. The molecular formula is C29H20N2O. The molecule has 0 amide bonds. The van der Waals surface area contributed by atoms with Crippen LogP contribution in [0.3, 0.4) is 0 Å². The van der Waals surface area contributed by atoms with Gasteiger partial charge in [0.05, 0.1) is 0 Å². The topological polar surface area (TPSA) is 38.9 Å². The number of fused-ring (bicyclic) bond motifs is 3. The summed E-state index contributed by atoms with van der Waals surface area (Å²) in [6.07, 6.45) is 0. The Morgan fingerprint density at radius 3 is 1.88 bits per heavy atom. The quantitative estimate of drug-likeness (QED) is 0.299. The van der Waals surface area contributed by atoms with Crippen LogP contribution in [0, 0.1) is 6.92 Å².